The summed E-state index contributed by atoms with van der Waals surface area (Å²) in [7, 11) is 1.63. The van der Waals surface area contributed by atoms with E-state index in [1.165, 1.54) is 0 Å². The van der Waals surface area contributed by atoms with Gasteiger partial charge in [-0.15, -0.1) is 0 Å². The second kappa shape index (κ2) is 13.5. The smallest absolute Gasteiger partial charge is 0.191 e. The molecule has 0 saturated carbocycles. The first kappa shape index (κ1) is 24.4. The van der Waals surface area contributed by atoms with Crippen LogP contribution in [0.4, 0.5) is 0 Å². The largest absolute Gasteiger partial charge is 0.497 e. The quantitative estimate of drug-likeness (QED) is 0.377. The van der Waals surface area contributed by atoms with Gasteiger partial charge in [-0.3, -0.25) is 9.89 Å². The monoisotopic (exact) mass is 420 g/mol. The maximum Gasteiger partial charge on any atom is 0.191 e. The van der Waals surface area contributed by atoms with Gasteiger partial charge in [0, 0.05) is 32.2 Å². The minimum atomic E-state index is -0.641. The lowest BCUT2D eigenvalue weighted by molar-refractivity contribution is 0.00395. The van der Waals surface area contributed by atoms with Crippen LogP contribution in [-0.4, -0.2) is 75.1 Å². The Morgan fingerprint density at radius 2 is 1.93 bits per heavy atom. The van der Waals surface area contributed by atoms with Crippen LogP contribution in [0.5, 0.6) is 5.75 Å². The topological polar surface area (TPSA) is 78.4 Å². The van der Waals surface area contributed by atoms with Gasteiger partial charge in [-0.1, -0.05) is 38.8 Å². The van der Waals surface area contributed by atoms with Gasteiger partial charge in [0.05, 0.1) is 33.0 Å². The molecule has 0 amide bonds. The number of methoxy groups -OCH3 is 1. The van der Waals surface area contributed by atoms with Gasteiger partial charge in [-0.2, -0.15) is 0 Å². The third-order valence-electron chi connectivity index (χ3n) is 5.83. The third kappa shape index (κ3) is 7.45. The van der Waals surface area contributed by atoms with E-state index in [-0.39, 0.29) is 0 Å². The molecule has 0 bridgehead atoms. The Kier molecular flexibility index (Phi) is 11.0. The number of nitrogens with one attached hydrogen (secondary N) is 2. The Morgan fingerprint density at radius 1 is 1.20 bits per heavy atom. The number of hydrogen-bond donors (Lipinski definition) is 3. The number of hydrogen-bond acceptors (Lipinski definition) is 5. The Balaban J connectivity index is 2.02. The molecule has 2 rings (SSSR count). The molecule has 0 spiro atoms. The number of nitrogens with zero attached hydrogens (tertiary/aromatic N) is 2. The summed E-state index contributed by atoms with van der Waals surface area (Å²) < 4.78 is 10.8. The van der Waals surface area contributed by atoms with Crippen LogP contribution in [0.2, 0.25) is 0 Å². The zero-order valence-electron chi connectivity index (χ0n) is 19.1. The SMILES string of the molecule is CCNC(=NCC(C(CC)CC)N1CCOCC1)NCC(O)c1cccc(OC)c1. The van der Waals surface area contributed by atoms with Crippen molar-refractivity contribution >= 4 is 5.96 Å². The average molecular weight is 421 g/mol. The molecule has 1 saturated heterocycles. The molecule has 7 nitrogen and oxygen atoms in total. The van der Waals surface area contributed by atoms with E-state index in [1.54, 1.807) is 7.11 Å². The Bertz CT molecular complexity index is 631. The van der Waals surface area contributed by atoms with E-state index in [1.807, 2.05) is 24.3 Å². The molecule has 1 fully saturated rings. The molecule has 1 aromatic rings. The van der Waals surface area contributed by atoms with Crippen LogP contribution in [0.3, 0.4) is 0 Å². The van der Waals surface area contributed by atoms with Crippen molar-refractivity contribution in [2.45, 2.75) is 45.8 Å². The summed E-state index contributed by atoms with van der Waals surface area (Å²) in [6.45, 7) is 12.0. The molecule has 0 aliphatic carbocycles. The van der Waals surface area contributed by atoms with Crippen LogP contribution in [0.15, 0.2) is 29.3 Å². The van der Waals surface area contributed by atoms with Crippen LogP contribution in [0.25, 0.3) is 0 Å². The molecular weight excluding hydrogens is 380 g/mol. The number of benzene rings is 1. The molecule has 170 valence electrons. The van der Waals surface area contributed by atoms with Gasteiger partial charge in [0.25, 0.3) is 0 Å². The number of aliphatic imine (C=N–C) groups is 1. The fraction of sp³-hybridized carbons (Fsp3) is 0.696. The van der Waals surface area contributed by atoms with E-state index in [0.717, 1.165) is 69.5 Å². The first-order chi connectivity index (χ1) is 14.6. The fourth-order valence-electron chi connectivity index (χ4n) is 3.99. The lowest BCUT2D eigenvalue weighted by Crippen LogP contribution is -2.49. The fourth-order valence-corrected chi connectivity index (χ4v) is 3.99. The van der Waals surface area contributed by atoms with Gasteiger partial charge >= 0.3 is 0 Å². The molecule has 0 aromatic heterocycles. The van der Waals surface area contributed by atoms with E-state index in [2.05, 4.69) is 36.3 Å². The van der Waals surface area contributed by atoms with Crippen LogP contribution < -0.4 is 15.4 Å². The molecule has 2 atom stereocenters. The van der Waals surface area contributed by atoms with E-state index in [4.69, 9.17) is 14.5 Å². The summed E-state index contributed by atoms with van der Waals surface area (Å²) in [4.78, 5) is 7.41. The molecule has 1 aromatic carbocycles. The van der Waals surface area contributed by atoms with E-state index < -0.39 is 6.10 Å². The standard InChI is InChI=1S/C23H40N4O3/c1-5-18(6-2)21(27-11-13-30-14-12-27)16-25-23(24-7-3)26-17-22(28)19-9-8-10-20(15-19)29-4/h8-10,15,18,21-22,28H,5-7,11-14,16-17H2,1-4H3,(H2,24,25,26). The van der Waals surface area contributed by atoms with E-state index >= 15 is 0 Å². The highest BCUT2D eigenvalue weighted by Crippen LogP contribution is 2.21. The summed E-state index contributed by atoms with van der Waals surface area (Å²) in [5, 5.41) is 17.2. The molecule has 1 aliphatic rings. The van der Waals surface area contributed by atoms with Crippen molar-refractivity contribution in [2.24, 2.45) is 10.9 Å². The minimum Gasteiger partial charge on any atom is -0.497 e. The van der Waals surface area contributed by atoms with Gasteiger partial charge in [-0.05, 0) is 30.5 Å². The van der Waals surface area contributed by atoms with Crippen LogP contribution in [0.1, 0.15) is 45.3 Å². The molecule has 0 radical (unpaired) electrons. The van der Waals surface area contributed by atoms with Crippen molar-refractivity contribution in [2.75, 3.05) is 53.0 Å². The van der Waals surface area contributed by atoms with Crippen LogP contribution in [-0.2, 0) is 4.74 Å². The first-order valence-electron chi connectivity index (χ1n) is 11.3. The van der Waals surface area contributed by atoms with Crippen molar-refractivity contribution in [1.82, 2.24) is 15.5 Å². The second-order valence-corrected chi connectivity index (χ2v) is 7.69. The predicted molar refractivity (Wildman–Crippen MR) is 122 cm³/mol. The zero-order chi connectivity index (χ0) is 21.8. The summed E-state index contributed by atoms with van der Waals surface area (Å²) in [5.74, 6) is 2.09. The van der Waals surface area contributed by atoms with E-state index in [9.17, 15) is 5.11 Å². The first-order valence-corrected chi connectivity index (χ1v) is 11.3. The molecule has 2 unspecified atom stereocenters. The molecule has 30 heavy (non-hydrogen) atoms. The Hall–Kier alpha value is -1.83. The van der Waals surface area contributed by atoms with Crippen molar-refractivity contribution in [3.63, 3.8) is 0 Å². The number of guanidine groups is 1. The van der Waals surface area contributed by atoms with Crippen molar-refractivity contribution in [3.05, 3.63) is 29.8 Å². The average Bonchev–Trinajstić information content (AvgIpc) is 2.80. The van der Waals surface area contributed by atoms with Crippen molar-refractivity contribution in [3.8, 4) is 5.75 Å². The summed E-state index contributed by atoms with van der Waals surface area (Å²) >= 11 is 0. The summed E-state index contributed by atoms with van der Waals surface area (Å²) in [6, 6.07) is 7.93. The van der Waals surface area contributed by atoms with Crippen LogP contribution >= 0.6 is 0 Å². The molecule has 3 N–H and O–H groups in total. The predicted octanol–water partition coefficient (Wildman–Crippen LogP) is 2.42. The van der Waals surface area contributed by atoms with Gasteiger partial charge in [0.15, 0.2) is 5.96 Å². The highest BCUT2D eigenvalue weighted by Gasteiger charge is 2.26. The lowest BCUT2D eigenvalue weighted by atomic mass is 9.92. The minimum absolute atomic E-state index is 0.381. The van der Waals surface area contributed by atoms with Crippen molar-refractivity contribution in [1.29, 1.82) is 0 Å². The Morgan fingerprint density at radius 3 is 2.57 bits per heavy atom. The summed E-state index contributed by atoms with van der Waals surface area (Å²) in [6.07, 6.45) is 1.65. The number of rotatable bonds is 11. The van der Waals surface area contributed by atoms with E-state index in [0.29, 0.717) is 18.5 Å². The summed E-state index contributed by atoms with van der Waals surface area (Å²) in [5.41, 5.74) is 0.820. The van der Waals surface area contributed by atoms with Gasteiger partial charge < -0.3 is 25.2 Å². The van der Waals surface area contributed by atoms with Gasteiger partial charge in [0.2, 0.25) is 0 Å². The number of ether oxygens (including phenoxy) is 2. The van der Waals surface area contributed by atoms with Gasteiger partial charge in [0.1, 0.15) is 5.75 Å². The Labute approximate surface area is 181 Å². The number of aliphatic hydroxyl groups is 1. The normalized spacial score (nSPS) is 17.6. The molecular formula is C23H40N4O3. The third-order valence-corrected chi connectivity index (χ3v) is 5.83. The maximum absolute atomic E-state index is 10.6. The van der Waals surface area contributed by atoms with Crippen LogP contribution in [0, 0.1) is 5.92 Å². The zero-order valence-corrected chi connectivity index (χ0v) is 19.1. The highest BCUT2D eigenvalue weighted by atomic mass is 16.5. The lowest BCUT2D eigenvalue weighted by Gasteiger charge is -2.38. The number of morpholine rings is 1. The molecule has 7 heteroatoms. The van der Waals surface area contributed by atoms with Gasteiger partial charge in [-0.25, -0.2) is 0 Å². The second-order valence-electron chi connectivity index (χ2n) is 7.69. The van der Waals surface area contributed by atoms with Crippen molar-refractivity contribution < 1.29 is 14.6 Å². The maximum atomic E-state index is 10.6. The molecule has 1 aliphatic heterocycles. The number of aliphatic hydroxyl groups excluding tert-OH is 1. The highest BCUT2D eigenvalue weighted by molar-refractivity contribution is 5.79. The molecule has 1 heterocycles.